The first-order valence-corrected chi connectivity index (χ1v) is 13.2. The monoisotopic (exact) mass is 518 g/mol. The maximum Gasteiger partial charge on any atom is 0.246 e. The molecular formula is C29H34N4O5. The zero-order chi connectivity index (χ0) is 26.9. The smallest absolute Gasteiger partial charge is 0.246 e. The number of carbonyl (C=O) groups excluding carboxylic acids is 5. The van der Waals surface area contributed by atoms with Crippen LogP contribution in [0.3, 0.4) is 0 Å². The van der Waals surface area contributed by atoms with Gasteiger partial charge in [0.15, 0.2) is 0 Å². The zero-order valence-corrected chi connectivity index (χ0v) is 21.3. The van der Waals surface area contributed by atoms with Gasteiger partial charge in [0.25, 0.3) is 0 Å². The second-order valence-corrected chi connectivity index (χ2v) is 9.85. The molecule has 2 aromatic rings. The normalized spacial score (nSPS) is 24.4. The van der Waals surface area contributed by atoms with Crippen LogP contribution in [0.15, 0.2) is 60.7 Å². The molecule has 2 saturated heterocycles. The maximum absolute atomic E-state index is 13.8. The molecule has 2 fully saturated rings. The van der Waals surface area contributed by atoms with Gasteiger partial charge in [0.05, 0.1) is 0 Å². The average Bonchev–Trinajstić information content (AvgIpc) is 3.42. The SMILES string of the molecule is O=CCCC[C@@H]1NC(=O)[C@H]2CCCN2C(=O)[C@H](Cc2ccccc2)NC(=O)[C@H](Cc2ccccc2)NC1=O. The molecule has 3 N–H and O–H groups in total. The number of benzene rings is 2. The van der Waals surface area contributed by atoms with E-state index in [2.05, 4.69) is 16.0 Å². The minimum Gasteiger partial charge on any atom is -0.343 e. The molecule has 9 heteroatoms. The predicted octanol–water partition coefficient (Wildman–Crippen LogP) is 1.30. The number of nitrogens with zero attached hydrogens (tertiary/aromatic N) is 1. The van der Waals surface area contributed by atoms with Crippen LogP contribution < -0.4 is 16.0 Å². The lowest BCUT2D eigenvalue weighted by atomic mass is 10.0. The summed E-state index contributed by atoms with van der Waals surface area (Å²) >= 11 is 0. The van der Waals surface area contributed by atoms with Crippen LogP contribution in [-0.4, -0.2) is 65.5 Å². The Morgan fingerprint density at radius 3 is 1.92 bits per heavy atom. The summed E-state index contributed by atoms with van der Waals surface area (Å²) < 4.78 is 0. The van der Waals surface area contributed by atoms with Crippen molar-refractivity contribution in [1.82, 2.24) is 20.9 Å². The molecule has 4 atom stereocenters. The van der Waals surface area contributed by atoms with Crippen LogP contribution in [0.1, 0.15) is 43.2 Å². The summed E-state index contributed by atoms with van der Waals surface area (Å²) in [5.41, 5.74) is 1.71. The van der Waals surface area contributed by atoms with E-state index in [0.29, 0.717) is 25.8 Å². The van der Waals surface area contributed by atoms with Crippen LogP contribution in [0.4, 0.5) is 0 Å². The largest absolute Gasteiger partial charge is 0.343 e. The number of rotatable bonds is 8. The van der Waals surface area contributed by atoms with Gasteiger partial charge in [0, 0.05) is 25.8 Å². The van der Waals surface area contributed by atoms with Crippen molar-refractivity contribution in [3.63, 3.8) is 0 Å². The fraction of sp³-hybridized carbons (Fsp3) is 0.414. The van der Waals surface area contributed by atoms with E-state index in [4.69, 9.17) is 0 Å². The molecule has 38 heavy (non-hydrogen) atoms. The van der Waals surface area contributed by atoms with E-state index in [9.17, 15) is 24.0 Å². The third-order valence-corrected chi connectivity index (χ3v) is 7.10. The van der Waals surface area contributed by atoms with Crippen molar-refractivity contribution < 1.29 is 24.0 Å². The van der Waals surface area contributed by atoms with E-state index in [-0.39, 0.29) is 31.6 Å². The molecule has 2 heterocycles. The Morgan fingerprint density at radius 1 is 0.737 bits per heavy atom. The summed E-state index contributed by atoms with van der Waals surface area (Å²) in [5, 5.41) is 8.51. The Kier molecular flexibility index (Phi) is 9.24. The maximum atomic E-state index is 13.8. The van der Waals surface area contributed by atoms with E-state index in [1.165, 1.54) is 4.90 Å². The van der Waals surface area contributed by atoms with Crippen molar-refractivity contribution >= 4 is 29.9 Å². The Morgan fingerprint density at radius 2 is 1.29 bits per heavy atom. The molecule has 2 aromatic carbocycles. The third kappa shape index (κ3) is 6.85. The molecule has 0 radical (unpaired) electrons. The number of aldehydes is 1. The highest BCUT2D eigenvalue weighted by Crippen LogP contribution is 2.21. The van der Waals surface area contributed by atoms with Gasteiger partial charge in [0.1, 0.15) is 30.5 Å². The molecule has 0 bridgehead atoms. The van der Waals surface area contributed by atoms with Crippen molar-refractivity contribution in [3.8, 4) is 0 Å². The van der Waals surface area contributed by atoms with E-state index in [1.54, 1.807) is 0 Å². The van der Waals surface area contributed by atoms with Gasteiger partial charge in [-0.15, -0.1) is 0 Å². The standard InChI is InChI=1S/C29H34N4O5/c34-17-8-7-14-22-26(35)31-23(18-20-10-3-1-4-11-20)27(36)32-24(19-21-12-5-2-6-13-21)29(38)33-16-9-15-25(33)28(37)30-22/h1-6,10-13,17,22-25H,7-9,14-16,18-19H2,(H,30,37)(H,31,35)(H,32,36)/t22-,23-,24-,25+/m0/s1. The minimum atomic E-state index is -0.963. The fourth-order valence-electron chi connectivity index (χ4n) is 5.10. The van der Waals surface area contributed by atoms with Crippen molar-refractivity contribution in [3.05, 3.63) is 71.8 Å². The third-order valence-electron chi connectivity index (χ3n) is 7.10. The number of unbranched alkanes of at least 4 members (excludes halogenated alkanes) is 1. The van der Waals surface area contributed by atoms with Crippen molar-refractivity contribution in [1.29, 1.82) is 0 Å². The number of carbonyl (C=O) groups is 5. The van der Waals surface area contributed by atoms with Gasteiger partial charge in [-0.25, -0.2) is 0 Å². The van der Waals surface area contributed by atoms with Gasteiger partial charge in [-0.3, -0.25) is 19.2 Å². The van der Waals surface area contributed by atoms with Crippen LogP contribution in [0.5, 0.6) is 0 Å². The highest BCUT2D eigenvalue weighted by Gasteiger charge is 2.40. The van der Waals surface area contributed by atoms with Gasteiger partial charge in [-0.05, 0) is 36.8 Å². The van der Waals surface area contributed by atoms with Gasteiger partial charge in [-0.2, -0.15) is 0 Å². The molecule has 0 aromatic heterocycles. The fourth-order valence-corrected chi connectivity index (χ4v) is 5.10. The number of nitrogens with one attached hydrogen (secondary N) is 3. The van der Waals surface area contributed by atoms with Crippen molar-refractivity contribution in [2.75, 3.05) is 6.54 Å². The molecule has 0 aliphatic carbocycles. The van der Waals surface area contributed by atoms with E-state index in [1.807, 2.05) is 60.7 Å². The summed E-state index contributed by atoms with van der Waals surface area (Å²) in [6.07, 6.45) is 3.27. The number of fused-ring (bicyclic) bond motifs is 1. The summed E-state index contributed by atoms with van der Waals surface area (Å²) in [6.45, 7) is 0.396. The first-order valence-electron chi connectivity index (χ1n) is 13.2. The molecule has 0 saturated carbocycles. The lowest BCUT2D eigenvalue weighted by Gasteiger charge is -2.32. The topological polar surface area (TPSA) is 125 Å². The number of hydrogen-bond donors (Lipinski definition) is 3. The lowest BCUT2D eigenvalue weighted by Crippen LogP contribution is -2.61. The minimum absolute atomic E-state index is 0.214. The Balaban J connectivity index is 1.66. The quantitative estimate of drug-likeness (QED) is 0.359. The molecule has 2 aliphatic heterocycles. The van der Waals surface area contributed by atoms with E-state index in [0.717, 1.165) is 17.4 Å². The van der Waals surface area contributed by atoms with Crippen LogP contribution in [-0.2, 0) is 36.8 Å². The zero-order valence-electron chi connectivity index (χ0n) is 21.3. The predicted molar refractivity (Wildman–Crippen MR) is 141 cm³/mol. The highest BCUT2D eigenvalue weighted by molar-refractivity contribution is 5.98. The molecule has 0 unspecified atom stereocenters. The Hall–Kier alpha value is -4.01. The summed E-state index contributed by atoms with van der Waals surface area (Å²) in [4.78, 5) is 66.4. The summed E-state index contributed by atoms with van der Waals surface area (Å²) in [6, 6.07) is 15.2. The molecule has 9 nitrogen and oxygen atoms in total. The molecule has 0 spiro atoms. The van der Waals surface area contributed by atoms with Crippen LogP contribution in [0.2, 0.25) is 0 Å². The van der Waals surface area contributed by atoms with Crippen LogP contribution in [0.25, 0.3) is 0 Å². The summed E-state index contributed by atoms with van der Waals surface area (Å²) in [5.74, 6) is -1.67. The lowest BCUT2D eigenvalue weighted by molar-refractivity contribution is -0.143. The van der Waals surface area contributed by atoms with Gasteiger partial charge in [0.2, 0.25) is 23.6 Å². The number of amides is 4. The summed E-state index contributed by atoms with van der Waals surface area (Å²) in [7, 11) is 0. The second kappa shape index (κ2) is 13.0. The van der Waals surface area contributed by atoms with Crippen molar-refractivity contribution in [2.24, 2.45) is 0 Å². The van der Waals surface area contributed by atoms with Crippen LogP contribution in [0, 0.1) is 0 Å². The molecule has 4 amide bonds. The van der Waals surface area contributed by atoms with Crippen molar-refractivity contribution in [2.45, 2.75) is 69.1 Å². The molecule has 4 rings (SSSR count). The Labute approximate surface area is 222 Å². The van der Waals surface area contributed by atoms with E-state index >= 15 is 0 Å². The molecule has 2 aliphatic rings. The number of hydrogen-bond acceptors (Lipinski definition) is 5. The first-order chi connectivity index (χ1) is 18.5. The van der Waals surface area contributed by atoms with Gasteiger partial charge >= 0.3 is 0 Å². The van der Waals surface area contributed by atoms with Crippen LogP contribution >= 0.6 is 0 Å². The second-order valence-electron chi connectivity index (χ2n) is 9.85. The van der Waals surface area contributed by atoms with E-state index < -0.39 is 41.9 Å². The molecule has 200 valence electrons. The average molecular weight is 519 g/mol. The van der Waals surface area contributed by atoms with Gasteiger partial charge < -0.3 is 25.6 Å². The first kappa shape index (κ1) is 27.0. The van der Waals surface area contributed by atoms with Gasteiger partial charge in [-0.1, -0.05) is 60.7 Å². The highest BCUT2D eigenvalue weighted by atomic mass is 16.2. The molecular weight excluding hydrogens is 484 g/mol. The Bertz CT molecular complexity index is 1140.